The summed E-state index contributed by atoms with van der Waals surface area (Å²) in [5.74, 6) is -2.11. The van der Waals surface area contributed by atoms with Crippen LogP contribution < -0.4 is 5.32 Å². The number of carbonyl (C=O) groups is 1. The Bertz CT molecular complexity index is 964. The van der Waals surface area contributed by atoms with E-state index in [1.54, 1.807) is 0 Å². The second kappa shape index (κ2) is 7.18. The lowest BCUT2D eigenvalue weighted by molar-refractivity contribution is -0.141. The maximum absolute atomic E-state index is 14.3. The zero-order valence-corrected chi connectivity index (χ0v) is 13.6. The van der Waals surface area contributed by atoms with E-state index in [2.05, 4.69) is 10.4 Å². The van der Waals surface area contributed by atoms with Gasteiger partial charge in [-0.05, 0) is 29.3 Å². The Balaban J connectivity index is 1.85. The second-order valence-corrected chi connectivity index (χ2v) is 5.61. The van der Waals surface area contributed by atoms with E-state index in [1.807, 2.05) is 5.10 Å². The largest absolute Gasteiger partial charge is 0.435 e. The van der Waals surface area contributed by atoms with Crippen molar-refractivity contribution in [2.75, 3.05) is 0 Å². The Morgan fingerprint density at radius 1 is 1.07 bits per heavy atom. The van der Waals surface area contributed by atoms with Crippen LogP contribution in [0.2, 0.25) is 0 Å². The number of carbonyl (C=O) groups excluding carboxylic acids is 1. The average molecular weight is 381 g/mol. The third-order valence-corrected chi connectivity index (χ3v) is 3.83. The van der Waals surface area contributed by atoms with E-state index in [0.717, 1.165) is 18.3 Å². The summed E-state index contributed by atoms with van der Waals surface area (Å²) >= 11 is 0. The van der Waals surface area contributed by atoms with Crippen molar-refractivity contribution in [3.63, 3.8) is 0 Å². The predicted octanol–water partition coefficient (Wildman–Crippen LogP) is 4.30. The number of nitrogens with zero attached hydrogens (tertiary/aromatic N) is 1. The highest BCUT2D eigenvalue weighted by Crippen LogP contribution is 2.30. The zero-order valence-electron chi connectivity index (χ0n) is 13.6. The van der Waals surface area contributed by atoms with E-state index in [9.17, 15) is 26.7 Å². The summed E-state index contributed by atoms with van der Waals surface area (Å²) in [5.41, 5.74) is -1.17. The van der Waals surface area contributed by atoms with Crippen LogP contribution in [0.4, 0.5) is 22.0 Å². The second-order valence-electron chi connectivity index (χ2n) is 5.61. The molecule has 0 atom stereocenters. The van der Waals surface area contributed by atoms with Crippen molar-refractivity contribution in [1.82, 2.24) is 15.5 Å². The lowest BCUT2D eigenvalue weighted by atomic mass is 9.99. The molecule has 3 rings (SSSR count). The molecule has 4 nitrogen and oxygen atoms in total. The number of aromatic nitrogens is 2. The van der Waals surface area contributed by atoms with E-state index < -0.39 is 35.0 Å². The smallest absolute Gasteiger partial charge is 0.348 e. The van der Waals surface area contributed by atoms with Crippen molar-refractivity contribution in [1.29, 1.82) is 0 Å². The molecule has 0 aliphatic rings. The van der Waals surface area contributed by atoms with Crippen LogP contribution in [0, 0.1) is 11.6 Å². The molecule has 9 heteroatoms. The Morgan fingerprint density at radius 2 is 1.78 bits per heavy atom. The van der Waals surface area contributed by atoms with Crippen molar-refractivity contribution in [3.05, 3.63) is 77.1 Å². The molecule has 0 unspecified atom stereocenters. The number of hydrogen-bond donors (Lipinski definition) is 2. The molecule has 0 aliphatic carbocycles. The number of amides is 1. The summed E-state index contributed by atoms with van der Waals surface area (Å²) < 4.78 is 65.9. The van der Waals surface area contributed by atoms with E-state index in [4.69, 9.17) is 0 Å². The normalized spacial score (nSPS) is 11.4. The molecule has 2 aromatic carbocycles. The van der Waals surface area contributed by atoms with Gasteiger partial charge in [-0.15, -0.1) is 0 Å². The van der Waals surface area contributed by atoms with Crippen LogP contribution >= 0.6 is 0 Å². The number of hydrogen-bond acceptors (Lipinski definition) is 2. The third kappa shape index (κ3) is 3.97. The minimum atomic E-state index is -4.79. The molecule has 27 heavy (non-hydrogen) atoms. The van der Waals surface area contributed by atoms with Gasteiger partial charge in [-0.25, -0.2) is 8.78 Å². The van der Waals surface area contributed by atoms with Crippen LogP contribution in [0.25, 0.3) is 11.1 Å². The molecule has 0 aliphatic heterocycles. The average Bonchev–Trinajstić information content (AvgIpc) is 3.11. The lowest BCUT2D eigenvalue weighted by Gasteiger charge is -2.12. The van der Waals surface area contributed by atoms with E-state index >= 15 is 0 Å². The van der Waals surface area contributed by atoms with Gasteiger partial charge in [-0.1, -0.05) is 24.3 Å². The molecule has 0 bridgehead atoms. The first kappa shape index (κ1) is 18.6. The van der Waals surface area contributed by atoms with Crippen LogP contribution in [-0.4, -0.2) is 16.1 Å². The third-order valence-electron chi connectivity index (χ3n) is 3.83. The van der Waals surface area contributed by atoms with Gasteiger partial charge >= 0.3 is 6.18 Å². The zero-order chi connectivity index (χ0) is 19.6. The van der Waals surface area contributed by atoms with Gasteiger partial charge < -0.3 is 5.32 Å². The SMILES string of the molecule is O=C(NCc1cccc(F)c1-c1ccc(F)cc1)c1c[nH]nc1C(F)(F)F. The molecule has 0 saturated heterocycles. The van der Waals surface area contributed by atoms with Gasteiger partial charge in [0.2, 0.25) is 0 Å². The van der Waals surface area contributed by atoms with Crippen LogP contribution in [0.5, 0.6) is 0 Å². The molecule has 1 aromatic heterocycles. The van der Waals surface area contributed by atoms with Crippen molar-refractivity contribution >= 4 is 5.91 Å². The monoisotopic (exact) mass is 381 g/mol. The minimum Gasteiger partial charge on any atom is -0.348 e. The van der Waals surface area contributed by atoms with Crippen LogP contribution in [0.3, 0.4) is 0 Å². The fourth-order valence-electron chi connectivity index (χ4n) is 2.61. The summed E-state index contributed by atoms with van der Waals surface area (Å²) in [6, 6.07) is 9.18. The first-order valence-electron chi connectivity index (χ1n) is 7.70. The van der Waals surface area contributed by atoms with Gasteiger partial charge in [0.1, 0.15) is 11.6 Å². The number of alkyl halides is 3. The van der Waals surface area contributed by atoms with Crippen molar-refractivity contribution in [3.8, 4) is 11.1 Å². The van der Waals surface area contributed by atoms with E-state index in [0.29, 0.717) is 11.1 Å². The maximum Gasteiger partial charge on any atom is 0.435 e. The standard InChI is InChI=1S/C18H12F5N3O/c19-12-6-4-10(5-7-12)15-11(2-1-3-14(15)20)8-24-17(27)13-9-25-26-16(13)18(21,22)23/h1-7,9H,8H2,(H,24,27)(H,25,26). The van der Waals surface area contributed by atoms with Gasteiger partial charge in [0, 0.05) is 18.3 Å². The van der Waals surface area contributed by atoms with Gasteiger partial charge in [-0.2, -0.15) is 18.3 Å². The molecule has 0 saturated carbocycles. The molecule has 1 amide bonds. The van der Waals surface area contributed by atoms with Crippen molar-refractivity contribution in [2.45, 2.75) is 12.7 Å². The highest BCUT2D eigenvalue weighted by Gasteiger charge is 2.38. The summed E-state index contributed by atoms with van der Waals surface area (Å²) in [4.78, 5) is 12.1. The first-order chi connectivity index (χ1) is 12.8. The van der Waals surface area contributed by atoms with Gasteiger partial charge in [0.05, 0.1) is 5.56 Å². The Hall–Kier alpha value is -3.23. The highest BCUT2D eigenvalue weighted by molar-refractivity contribution is 5.95. The molecule has 0 fully saturated rings. The quantitative estimate of drug-likeness (QED) is 0.662. The fraction of sp³-hybridized carbons (Fsp3) is 0.111. The number of H-pyrrole nitrogens is 1. The van der Waals surface area contributed by atoms with Crippen LogP contribution in [0.1, 0.15) is 21.6 Å². The summed E-state index contributed by atoms with van der Waals surface area (Å²) in [6.45, 7) is -0.230. The van der Waals surface area contributed by atoms with Gasteiger partial charge in [-0.3, -0.25) is 9.89 Å². The maximum atomic E-state index is 14.3. The van der Waals surface area contributed by atoms with Crippen molar-refractivity contribution in [2.24, 2.45) is 0 Å². The van der Waals surface area contributed by atoms with Gasteiger partial charge in [0.25, 0.3) is 5.91 Å². The first-order valence-corrected chi connectivity index (χ1v) is 7.70. The minimum absolute atomic E-state index is 0.126. The molecule has 0 radical (unpaired) electrons. The Kier molecular flexibility index (Phi) is 4.93. The summed E-state index contributed by atoms with van der Waals surface area (Å²) in [5, 5.41) is 7.38. The van der Waals surface area contributed by atoms with E-state index in [1.165, 1.54) is 30.3 Å². The molecule has 0 spiro atoms. The molecular weight excluding hydrogens is 369 g/mol. The number of nitrogens with one attached hydrogen (secondary N) is 2. The molecule has 1 heterocycles. The van der Waals surface area contributed by atoms with Crippen molar-refractivity contribution < 1.29 is 26.7 Å². The lowest BCUT2D eigenvalue weighted by Crippen LogP contribution is -2.25. The van der Waals surface area contributed by atoms with Crippen LogP contribution in [0.15, 0.2) is 48.7 Å². The number of halogens is 5. The topological polar surface area (TPSA) is 57.8 Å². The molecule has 140 valence electrons. The number of rotatable bonds is 4. The number of aromatic amines is 1. The van der Waals surface area contributed by atoms with E-state index in [-0.39, 0.29) is 12.1 Å². The predicted molar refractivity (Wildman–Crippen MR) is 86.6 cm³/mol. The van der Waals surface area contributed by atoms with Gasteiger partial charge in [0.15, 0.2) is 5.69 Å². The summed E-state index contributed by atoms with van der Waals surface area (Å²) in [6.07, 6.45) is -3.95. The molecule has 2 N–H and O–H groups in total. The Labute approximate surface area is 150 Å². The fourth-order valence-corrected chi connectivity index (χ4v) is 2.61. The highest BCUT2D eigenvalue weighted by atomic mass is 19.4. The van der Waals surface area contributed by atoms with Crippen LogP contribution in [-0.2, 0) is 12.7 Å². The molecule has 3 aromatic rings. The molecular formula is C18H12F5N3O. The summed E-state index contributed by atoms with van der Waals surface area (Å²) in [7, 11) is 0. The number of benzene rings is 2. The Morgan fingerprint density at radius 3 is 2.44 bits per heavy atom.